The molecule has 2 aliphatic rings. The lowest BCUT2D eigenvalue weighted by Crippen LogP contribution is -2.57. The number of aromatic nitrogens is 3. The summed E-state index contributed by atoms with van der Waals surface area (Å²) < 4.78 is 7.50. The molecule has 2 aliphatic heterocycles. The predicted molar refractivity (Wildman–Crippen MR) is 168 cm³/mol. The van der Waals surface area contributed by atoms with Crippen LogP contribution in [0.5, 0.6) is 5.75 Å². The van der Waals surface area contributed by atoms with Crippen molar-refractivity contribution in [2.45, 2.75) is 64.8 Å². The van der Waals surface area contributed by atoms with Crippen molar-refractivity contribution in [3.8, 4) is 5.75 Å². The Kier molecular flexibility index (Phi) is 13.7. The maximum atomic E-state index is 13.3. The van der Waals surface area contributed by atoms with E-state index < -0.39 is 35.9 Å². The zero-order valence-electron chi connectivity index (χ0n) is 25.5. The summed E-state index contributed by atoms with van der Waals surface area (Å²) in [6.07, 6.45) is 3.85. The summed E-state index contributed by atoms with van der Waals surface area (Å²) in [6, 6.07) is 2.24. The molecule has 13 nitrogen and oxygen atoms in total. The second-order valence-corrected chi connectivity index (χ2v) is 12.3. The van der Waals surface area contributed by atoms with Crippen molar-refractivity contribution in [2.24, 2.45) is 5.92 Å². The van der Waals surface area contributed by atoms with Gasteiger partial charge in [0.25, 0.3) is 5.91 Å². The number of hydrogen-bond acceptors (Lipinski definition) is 9. The topological polar surface area (TPSA) is 168 Å². The largest absolute Gasteiger partial charge is 0.492 e. The standard InChI is InChI=1S/C29H42ClN7O6S/c1-18(2)14-23-28(41)31-9-12-36(25(39)17-44-4)11-8-21-16-37(35-34-21)10-5-13-43-24-7-6-20(15-22(24)30)27(40)33-26(19(3)38)29(42)32-23/h6-7,15-16,18-19,23,26,38H,5,8-14,17H2,1-4H3,(H,31,41)(H,32,42)(H,33,40)/t19-,23-,26+/m1/s1. The highest BCUT2D eigenvalue weighted by Crippen LogP contribution is 2.26. The quantitative estimate of drug-likeness (QED) is 0.348. The second kappa shape index (κ2) is 17.2. The molecule has 1 aromatic carbocycles. The van der Waals surface area contributed by atoms with Crippen molar-refractivity contribution in [1.82, 2.24) is 35.8 Å². The van der Waals surface area contributed by atoms with Crippen LogP contribution in [0.15, 0.2) is 24.4 Å². The van der Waals surface area contributed by atoms with Crippen LogP contribution in [0.25, 0.3) is 0 Å². The van der Waals surface area contributed by atoms with E-state index in [1.807, 2.05) is 26.3 Å². The lowest BCUT2D eigenvalue weighted by Gasteiger charge is -2.26. The maximum absolute atomic E-state index is 13.3. The van der Waals surface area contributed by atoms with E-state index >= 15 is 0 Å². The third-order valence-electron chi connectivity index (χ3n) is 6.90. The Morgan fingerprint density at radius 2 is 1.93 bits per heavy atom. The third kappa shape index (κ3) is 10.7. The minimum atomic E-state index is -1.33. The number of fused-ring (bicyclic) bond motifs is 17. The van der Waals surface area contributed by atoms with Gasteiger partial charge in [0.05, 0.1) is 29.2 Å². The van der Waals surface area contributed by atoms with Gasteiger partial charge in [0.1, 0.15) is 17.8 Å². The maximum Gasteiger partial charge on any atom is 0.252 e. The molecule has 4 rings (SSSR count). The van der Waals surface area contributed by atoms with Gasteiger partial charge < -0.3 is 30.7 Å². The molecule has 0 unspecified atom stereocenters. The van der Waals surface area contributed by atoms with Crippen LogP contribution in [0.4, 0.5) is 0 Å². The highest BCUT2D eigenvalue weighted by atomic mass is 35.5. The van der Waals surface area contributed by atoms with E-state index in [0.717, 1.165) is 5.69 Å². The van der Waals surface area contributed by atoms with Crippen molar-refractivity contribution in [1.29, 1.82) is 0 Å². The minimum Gasteiger partial charge on any atom is -0.492 e. The van der Waals surface area contributed by atoms with Crippen LogP contribution in [0.1, 0.15) is 49.7 Å². The minimum absolute atomic E-state index is 0.0495. The van der Waals surface area contributed by atoms with E-state index in [-0.39, 0.29) is 35.5 Å². The number of rotatable bonds is 5. The van der Waals surface area contributed by atoms with Crippen LogP contribution in [0.3, 0.4) is 0 Å². The smallest absolute Gasteiger partial charge is 0.252 e. The Balaban J connectivity index is 1.85. The Labute approximate surface area is 266 Å². The van der Waals surface area contributed by atoms with Crippen LogP contribution in [0.2, 0.25) is 5.02 Å². The van der Waals surface area contributed by atoms with Crippen LogP contribution in [-0.2, 0) is 27.3 Å². The number of amides is 4. The fourth-order valence-corrected chi connectivity index (χ4v) is 5.25. The molecule has 0 radical (unpaired) electrons. The Hall–Kier alpha value is -3.36. The fourth-order valence-electron chi connectivity index (χ4n) is 4.59. The summed E-state index contributed by atoms with van der Waals surface area (Å²) in [5, 5.41) is 27.0. The number of benzene rings is 1. The monoisotopic (exact) mass is 651 g/mol. The molecule has 242 valence electrons. The van der Waals surface area contributed by atoms with E-state index in [0.29, 0.717) is 50.5 Å². The Bertz CT molecular complexity index is 1290. The number of ether oxygens (including phenoxy) is 1. The first-order valence-electron chi connectivity index (χ1n) is 14.6. The number of aliphatic hydroxyl groups excluding tert-OH is 1. The van der Waals surface area contributed by atoms with E-state index in [9.17, 15) is 24.3 Å². The molecule has 0 spiro atoms. The number of carbonyl (C=O) groups is 4. The summed E-state index contributed by atoms with van der Waals surface area (Å²) in [4.78, 5) is 54.0. The number of nitrogens with one attached hydrogen (secondary N) is 3. The zero-order valence-corrected chi connectivity index (χ0v) is 27.1. The van der Waals surface area contributed by atoms with Gasteiger partial charge >= 0.3 is 0 Å². The van der Waals surface area contributed by atoms with Crippen LogP contribution in [0, 0.1) is 5.92 Å². The first kappa shape index (κ1) is 35.1. The molecule has 4 amide bonds. The first-order chi connectivity index (χ1) is 21.0. The number of aryl methyl sites for hydroxylation is 1. The number of halogens is 1. The Morgan fingerprint density at radius 1 is 1.16 bits per heavy atom. The van der Waals surface area contributed by atoms with Gasteiger partial charge in [0.15, 0.2) is 0 Å². The summed E-state index contributed by atoms with van der Waals surface area (Å²) in [7, 11) is 0. The van der Waals surface area contributed by atoms with Gasteiger partial charge in [0.2, 0.25) is 17.7 Å². The van der Waals surface area contributed by atoms with Gasteiger partial charge in [-0.2, -0.15) is 11.8 Å². The van der Waals surface area contributed by atoms with E-state index in [1.165, 1.54) is 30.8 Å². The molecule has 4 N–H and O–H groups in total. The number of hydrogen-bond donors (Lipinski definition) is 4. The van der Waals surface area contributed by atoms with Crippen molar-refractivity contribution in [3.05, 3.63) is 40.7 Å². The SMILES string of the molecule is CSCC(=O)N1CCNC(=O)[C@@H](CC(C)C)NC(=O)[C@H]([C@@H](C)O)NC(=O)c2ccc(c(Cl)c2)OCCCn2cc(nn2)CC1. The third-order valence-corrected chi connectivity index (χ3v) is 7.73. The van der Waals surface area contributed by atoms with E-state index in [4.69, 9.17) is 16.3 Å². The lowest BCUT2D eigenvalue weighted by molar-refractivity contribution is -0.132. The number of nitrogens with zero attached hydrogens (tertiary/aromatic N) is 4. The average Bonchev–Trinajstić information content (AvgIpc) is 3.42. The Morgan fingerprint density at radius 3 is 2.61 bits per heavy atom. The average molecular weight is 652 g/mol. The molecule has 3 atom stereocenters. The summed E-state index contributed by atoms with van der Waals surface area (Å²) in [5.41, 5.74) is 0.901. The second-order valence-electron chi connectivity index (χ2n) is 11.1. The molecule has 4 bridgehead atoms. The molecular formula is C29H42ClN7O6S. The molecule has 44 heavy (non-hydrogen) atoms. The first-order valence-corrected chi connectivity index (χ1v) is 16.4. The zero-order chi connectivity index (χ0) is 32.2. The van der Waals surface area contributed by atoms with Gasteiger partial charge in [-0.3, -0.25) is 23.9 Å². The highest BCUT2D eigenvalue weighted by molar-refractivity contribution is 7.99. The van der Waals surface area contributed by atoms with Crippen LogP contribution in [-0.4, -0.2) is 105 Å². The normalized spacial score (nSPS) is 20.2. The summed E-state index contributed by atoms with van der Waals surface area (Å²) in [5.74, 6) is -1.10. The van der Waals surface area contributed by atoms with Crippen molar-refractivity contribution in [3.63, 3.8) is 0 Å². The molecule has 2 aromatic rings. The number of carbonyl (C=O) groups excluding carboxylic acids is 4. The van der Waals surface area contributed by atoms with E-state index in [1.54, 1.807) is 15.6 Å². The number of aliphatic hydroxyl groups is 1. The predicted octanol–water partition coefficient (Wildman–Crippen LogP) is 1.27. The highest BCUT2D eigenvalue weighted by Gasteiger charge is 2.30. The summed E-state index contributed by atoms with van der Waals surface area (Å²) >= 11 is 7.79. The van der Waals surface area contributed by atoms with Crippen LogP contribution < -0.4 is 20.7 Å². The molecule has 0 aliphatic carbocycles. The molecular weight excluding hydrogens is 610 g/mol. The van der Waals surface area contributed by atoms with Gasteiger partial charge in [-0.25, -0.2) is 0 Å². The van der Waals surface area contributed by atoms with Gasteiger partial charge in [-0.05, 0) is 43.7 Å². The molecule has 0 fully saturated rings. The van der Waals surface area contributed by atoms with Crippen molar-refractivity contribution >= 4 is 47.0 Å². The van der Waals surface area contributed by atoms with Crippen molar-refractivity contribution in [2.75, 3.05) is 38.2 Å². The van der Waals surface area contributed by atoms with E-state index in [2.05, 4.69) is 26.3 Å². The molecule has 0 saturated carbocycles. The molecule has 15 heteroatoms. The lowest BCUT2D eigenvalue weighted by atomic mass is 10.0. The van der Waals surface area contributed by atoms with Crippen molar-refractivity contribution < 1.29 is 29.0 Å². The van der Waals surface area contributed by atoms with Crippen LogP contribution >= 0.6 is 23.4 Å². The van der Waals surface area contributed by atoms with Gasteiger partial charge in [-0.1, -0.05) is 30.7 Å². The molecule has 0 saturated heterocycles. The molecule has 3 heterocycles. The van der Waals surface area contributed by atoms with Gasteiger partial charge in [0, 0.05) is 50.8 Å². The fraction of sp³-hybridized carbons (Fsp3) is 0.586. The summed E-state index contributed by atoms with van der Waals surface area (Å²) in [6.45, 7) is 6.92. The van der Waals surface area contributed by atoms with Gasteiger partial charge in [-0.15, -0.1) is 5.10 Å². The molecule has 1 aromatic heterocycles. The number of thioether (sulfide) groups is 1.